The molecule has 0 saturated carbocycles. The van der Waals surface area contributed by atoms with Crippen molar-refractivity contribution in [1.29, 1.82) is 0 Å². The number of hydrogen-bond acceptors (Lipinski definition) is 5. The van der Waals surface area contributed by atoms with Crippen LogP contribution in [0.1, 0.15) is 13.8 Å². The van der Waals surface area contributed by atoms with Gasteiger partial charge in [-0.25, -0.2) is 8.42 Å². The number of carbonyl (C=O) groups is 1. The van der Waals surface area contributed by atoms with Crippen LogP contribution < -0.4 is 10.1 Å². The highest BCUT2D eigenvalue weighted by Crippen LogP contribution is 2.27. The minimum absolute atomic E-state index is 0.158. The first-order valence-electron chi connectivity index (χ1n) is 9.28. The van der Waals surface area contributed by atoms with E-state index in [2.05, 4.69) is 5.32 Å². The van der Waals surface area contributed by atoms with Crippen molar-refractivity contribution in [2.24, 2.45) is 0 Å². The van der Waals surface area contributed by atoms with Crippen LogP contribution in [0, 0.1) is 0 Å². The lowest BCUT2D eigenvalue weighted by atomic mass is 10.3. The van der Waals surface area contributed by atoms with E-state index in [1.807, 2.05) is 13.8 Å². The molecule has 162 valence electrons. The molecule has 1 fully saturated rings. The van der Waals surface area contributed by atoms with Crippen molar-refractivity contribution in [2.75, 3.05) is 25.0 Å². The highest BCUT2D eigenvalue weighted by atomic mass is 35.5. The average molecular weight is 473 g/mol. The van der Waals surface area contributed by atoms with E-state index < -0.39 is 15.9 Å². The molecular weight excluding hydrogens is 451 g/mol. The van der Waals surface area contributed by atoms with E-state index in [4.69, 9.17) is 32.7 Å². The minimum Gasteiger partial charge on any atom is -0.482 e. The Kier molecular flexibility index (Phi) is 7.26. The Balaban J connectivity index is 1.60. The Morgan fingerprint density at radius 2 is 1.77 bits per heavy atom. The van der Waals surface area contributed by atoms with Crippen LogP contribution in [0.4, 0.5) is 5.69 Å². The SMILES string of the molecule is CC1CN(S(=O)(=O)c2ccc(NC(=O)COc3ccc(Cl)cc3Cl)cc2)CC(C)O1. The van der Waals surface area contributed by atoms with Crippen molar-refractivity contribution >= 4 is 44.8 Å². The summed E-state index contributed by atoms with van der Waals surface area (Å²) in [5, 5.41) is 3.42. The van der Waals surface area contributed by atoms with Crippen LogP contribution in [-0.4, -0.2) is 50.5 Å². The number of sulfonamides is 1. The van der Waals surface area contributed by atoms with E-state index in [0.717, 1.165) is 0 Å². The maximum atomic E-state index is 12.9. The van der Waals surface area contributed by atoms with Crippen molar-refractivity contribution in [2.45, 2.75) is 31.0 Å². The van der Waals surface area contributed by atoms with Gasteiger partial charge < -0.3 is 14.8 Å². The Morgan fingerprint density at radius 1 is 1.13 bits per heavy atom. The standard InChI is InChI=1S/C20H22Cl2N2O5S/c1-13-10-24(11-14(2)29-13)30(26,27)17-6-4-16(5-7-17)23-20(25)12-28-19-8-3-15(21)9-18(19)22/h3-9,13-14H,10-12H2,1-2H3,(H,23,25). The second kappa shape index (κ2) is 9.53. The lowest BCUT2D eigenvalue weighted by Crippen LogP contribution is -2.48. The van der Waals surface area contributed by atoms with Gasteiger partial charge in [0.15, 0.2) is 6.61 Å². The zero-order valence-electron chi connectivity index (χ0n) is 16.5. The fourth-order valence-electron chi connectivity index (χ4n) is 3.12. The quantitative estimate of drug-likeness (QED) is 0.690. The normalized spacial score (nSPS) is 20.0. The average Bonchev–Trinajstić information content (AvgIpc) is 2.67. The third-order valence-electron chi connectivity index (χ3n) is 4.41. The van der Waals surface area contributed by atoms with E-state index in [1.54, 1.807) is 12.1 Å². The minimum atomic E-state index is -3.64. The predicted molar refractivity (Wildman–Crippen MR) is 116 cm³/mol. The first-order valence-corrected chi connectivity index (χ1v) is 11.5. The van der Waals surface area contributed by atoms with Gasteiger partial charge in [-0.2, -0.15) is 4.31 Å². The van der Waals surface area contributed by atoms with Gasteiger partial charge in [-0.3, -0.25) is 4.79 Å². The molecular formula is C20H22Cl2N2O5S. The molecule has 3 rings (SSSR count). The van der Waals surface area contributed by atoms with Gasteiger partial charge in [0, 0.05) is 23.8 Å². The Hall–Kier alpha value is -1.84. The summed E-state index contributed by atoms with van der Waals surface area (Å²) < 4.78 is 38.1. The van der Waals surface area contributed by atoms with Crippen molar-refractivity contribution in [1.82, 2.24) is 4.31 Å². The van der Waals surface area contributed by atoms with Crippen LogP contribution in [0.15, 0.2) is 47.4 Å². The maximum Gasteiger partial charge on any atom is 0.262 e. The van der Waals surface area contributed by atoms with Gasteiger partial charge in [0.2, 0.25) is 10.0 Å². The number of morpholine rings is 1. The molecule has 0 aromatic heterocycles. The van der Waals surface area contributed by atoms with Gasteiger partial charge in [-0.15, -0.1) is 0 Å². The molecule has 2 unspecified atom stereocenters. The molecule has 0 aliphatic carbocycles. The van der Waals surface area contributed by atoms with Crippen molar-refractivity contribution in [3.05, 3.63) is 52.5 Å². The second-order valence-corrected chi connectivity index (χ2v) is 9.80. The summed E-state index contributed by atoms with van der Waals surface area (Å²) in [6.45, 7) is 4.03. The van der Waals surface area contributed by atoms with E-state index in [0.29, 0.717) is 34.6 Å². The molecule has 1 amide bonds. The number of hydrogen-bond donors (Lipinski definition) is 1. The van der Waals surface area contributed by atoms with Crippen molar-refractivity contribution in [3.8, 4) is 5.75 Å². The first kappa shape index (κ1) is 22.8. The number of rotatable bonds is 6. The predicted octanol–water partition coefficient (Wildman–Crippen LogP) is 3.81. The smallest absolute Gasteiger partial charge is 0.262 e. The summed E-state index contributed by atoms with van der Waals surface area (Å²) in [5.74, 6) is -0.0703. The molecule has 30 heavy (non-hydrogen) atoms. The molecule has 0 radical (unpaired) electrons. The molecule has 2 aromatic carbocycles. The number of nitrogens with zero attached hydrogens (tertiary/aromatic N) is 1. The molecule has 2 atom stereocenters. The fourth-order valence-corrected chi connectivity index (χ4v) is 5.17. The van der Waals surface area contributed by atoms with Gasteiger partial charge in [0.25, 0.3) is 5.91 Å². The van der Waals surface area contributed by atoms with Gasteiger partial charge in [0.1, 0.15) is 5.75 Å². The topological polar surface area (TPSA) is 84.9 Å². The highest BCUT2D eigenvalue weighted by molar-refractivity contribution is 7.89. The molecule has 1 saturated heterocycles. The van der Waals surface area contributed by atoms with E-state index >= 15 is 0 Å². The third-order valence-corrected chi connectivity index (χ3v) is 6.79. The van der Waals surface area contributed by atoms with E-state index in [-0.39, 0.29) is 23.7 Å². The lowest BCUT2D eigenvalue weighted by Gasteiger charge is -2.34. The van der Waals surface area contributed by atoms with Crippen LogP contribution in [0.3, 0.4) is 0 Å². The number of nitrogens with one attached hydrogen (secondary N) is 1. The molecule has 7 nitrogen and oxygen atoms in total. The van der Waals surface area contributed by atoms with Gasteiger partial charge in [-0.05, 0) is 56.3 Å². The van der Waals surface area contributed by atoms with Gasteiger partial charge in [0.05, 0.1) is 22.1 Å². The zero-order valence-corrected chi connectivity index (χ0v) is 18.8. The molecule has 1 N–H and O–H groups in total. The Bertz CT molecular complexity index is 1000. The summed E-state index contributed by atoms with van der Waals surface area (Å²) in [4.78, 5) is 12.3. The molecule has 0 spiro atoms. The molecule has 1 aliphatic heterocycles. The molecule has 1 heterocycles. The summed E-state index contributed by atoms with van der Waals surface area (Å²) in [6.07, 6.45) is -0.340. The highest BCUT2D eigenvalue weighted by Gasteiger charge is 2.32. The second-order valence-electron chi connectivity index (χ2n) is 7.02. The van der Waals surface area contributed by atoms with Crippen LogP contribution in [0.2, 0.25) is 10.0 Å². The van der Waals surface area contributed by atoms with Gasteiger partial charge in [-0.1, -0.05) is 23.2 Å². The lowest BCUT2D eigenvalue weighted by molar-refractivity contribution is -0.118. The van der Waals surface area contributed by atoms with Crippen LogP contribution in [0.5, 0.6) is 5.75 Å². The molecule has 1 aliphatic rings. The Labute approximate surface area is 185 Å². The van der Waals surface area contributed by atoms with Crippen LogP contribution in [-0.2, 0) is 19.6 Å². The van der Waals surface area contributed by atoms with Crippen LogP contribution in [0.25, 0.3) is 0 Å². The fraction of sp³-hybridized carbons (Fsp3) is 0.350. The van der Waals surface area contributed by atoms with Crippen molar-refractivity contribution in [3.63, 3.8) is 0 Å². The number of ether oxygens (including phenoxy) is 2. The zero-order chi connectivity index (χ0) is 21.9. The third kappa shape index (κ3) is 5.65. The van der Waals surface area contributed by atoms with E-state index in [1.165, 1.54) is 34.6 Å². The first-order chi connectivity index (χ1) is 14.1. The summed E-state index contributed by atoms with van der Waals surface area (Å²) in [7, 11) is -3.64. The monoisotopic (exact) mass is 472 g/mol. The number of amides is 1. The number of carbonyl (C=O) groups excluding carboxylic acids is 1. The van der Waals surface area contributed by atoms with Crippen molar-refractivity contribution < 1.29 is 22.7 Å². The van der Waals surface area contributed by atoms with E-state index in [9.17, 15) is 13.2 Å². The Morgan fingerprint density at radius 3 is 2.37 bits per heavy atom. The number of anilines is 1. The summed E-state index contributed by atoms with van der Waals surface area (Å²) in [6, 6.07) is 10.7. The summed E-state index contributed by atoms with van der Waals surface area (Å²) in [5.41, 5.74) is 0.452. The number of benzene rings is 2. The van der Waals surface area contributed by atoms with Gasteiger partial charge >= 0.3 is 0 Å². The number of halogens is 2. The summed E-state index contributed by atoms with van der Waals surface area (Å²) >= 11 is 11.8. The molecule has 2 aromatic rings. The maximum absolute atomic E-state index is 12.9. The largest absolute Gasteiger partial charge is 0.482 e. The molecule has 0 bridgehead atoms. The molecule has 10 heteroatoms. The van der Waals surface area contributed by atoms with Crippen LogP contribution >= 0.6 is 23.2 Å².